The van der Waals surface area contributed by atoms with Crippen LogP contribution in [-0.2, 0) is 17.8 Å². The molecule has 0 saturated heterocycles. The lowest BCUT2D eigenvalue weighted by Gasteiger charge is -2.25. The average Bonchev–Trinajstić information content (AvgIpc) is 3.08. The Labute approximate surface area is 124 Å². The van der Waals surface area contributed by atoms with Crippen molar-refractivity contribution < 1.29 is 9.53 Å². The Morgan fingerprint density at radius 3 is 3.00 bits per heavy atom. The van der Waals surface area contributed by atoms with Crippen molar-refractivity contribution in [1.29, 1.82) is 0 Å². The van der Waals surface area contributed by atoms with Gasteiger partial charge in [0.05, 0.1) is 13.2 Å². The Kier molecular flexibility index (Phi) is 4.38. The quantitative estimate of drug-likeness (QED) is 0.902. The van der Waals surface area contributed by atoms with E-state index in [0.29, 0.717) is 25.7 Å². The van der Waals surface area contributed by atoms with Crippen LogP contribution in [0.3, 0.4) is 0 Å². The Morgan fingerprint density at radius 2 is 2.24 bits per heavy atom. The standard InChI is InChI=1S/C14H23N5O2/c1-21-9-11-6-18(8-13-15-10-16-19(13)7-11)14(20)17-12-4-2-3-5-12/h10-12H,2-9H2,1H3,(H,17,20). The molecule has 116 valence electrons. The van der Waals surface area contributed by atoms with Gasteiger partial charge < -0.3 is 15.0 Å². The first-order chi connectivity index (χ1) is 10.3. The molecule has 7 heteroatoms. The number of amides is 2. The number of carbonyl (C=O) groups is 1. The molecule has 1 fully saturated rings. The average molecular weight is 293 g/mol. The molecule has 1 atom stereocenters. The first-order valence-electron chi connectivity index (χ1n) is 7.67. The second-order valence-corrected chi connectivity index (χ2v) is 5.99. The zero-order chi connectivity index (χ0) is 14.7. The van der Waals surface area contributed by atoms with Gasteiger partial charge in [0, 0.05) is 32.2 Å². The summed E-state index contributed by atoms with van der Waals surface area (Å²) in [6.45, 7) is 2.55. The summed E-state index contributed by atoms with van der Waals surface area (Å²) in [7, 11) is 1.69. The van der Waals surface area contributed by atoms with Gasteiger partial charge in [-0.25, -0.2) is 14.5 Å². The number of nitrogens with one attached hydrogen (secondary N) is 1. The molecule has 0 spiro atoms. The van der Waals surface area contributed by atoms with Gasteiger partial charge in [0.2, 0.25) is 0 Å². The predicted molar refractivity (Wildman–Crippen MR) is 76.6 cm³/mol. The highest BCUT2D eigenvalue weighted by molar-refractivity contribution is 5.74. The van der Waals surface area contributed by atoms with Gasteiger partial charge in [0.1, 0.15) is 12.2 Å². The number of carbonyl (C=O) groups excluding carboxylic acids is 1. The third kappa shape index (κ3) is 3.34. The molecule has 1 aromatic heterocycles. The Hall–Kier alpha value is -1.63. The molecular weight excluding hydrogens is 270 g/mol. The van der Waals surface area contributed by atoms with Crippen LogP contribution in [0.2, 0.25) is 0 Å². The van der Waals surface area contributed by atoms with E-state index in [1.807, 2.05) is 9.58 Å². The van der Waals surface area contributed by atoms with Gasteiger partial charge in [-0.3, -0.25) is 0 Å². The minimum absolute atomic E-state index is 0.0134. The van der Waals surface area contributed by atoms with Crippen LogP contribution in [-0.4, -0.2) is 52.0 Å². The van der Waals surface area contributed by atoms with Gasteiger partial charge >= 0.3 is 6.03 Å². The first kappa shape index (κ1) is 14.3. The molecule has 1 aliphatic carbocycles. The number of hydrogen-bond donors (Lipinski definition) is 1. The van der Waals surface area contributed by atoms with E-state index in [1.165, 1.54) is 12.8 Å². The molecule has 1 N–H and O–H groups in total. The monoisotopic (exact) mass is 293 g/mol. The second-order valence-electron chi connectivity index (χ2n) is 5.99. The molecular formula is C14H23N5O2. The largest absolute Gasteiger partial charge is 0.384 e. The van der Waals surface area contributed by atoms with Crippen LogP contribution in [0.15, 0.2) is 6.33 Å². The number of nitrogens with zero attached hydrogens (tertiary/aromatic N) is 4. The normalized spacial score (nSPS) is 22.9. The minimum Gasteiger partial charge on any atom is -0.384 e. The molecule has 1 aromatic rings. The first-order valence-corrected chi connectivity index (χ1v) is 7.67. The number of rotatable bonds is 3. The number of hydrogen-bond acceptors (Lipinski definition) is 4. The van der Waals surface area contributed by atoms with Crippen LogP contribution < -0.4 is 5.32 Å². The Morgan fingerprint density at radius 1 is 1.43 bits per heavy atom. The molecule has 1 saturated carbocycles. The SMILES string of the molecule is COCC1CN(C(=O)NC2CCCC2)Cc2ncnn2C1. The molecule has 0 aromatic carbocycles. The summed E-state index contributed by atoms with van der Waals surface area (Å²) in [4.78, 5) is 18.6. The number of urea groups is 1. The maximum Gasteiger partial charge on any atom is 0.318 e. The van der Waals surface area contributed by atoms with E-state index in [4.69, 9.17) is 4.74 Å². The molecule has 2 heterocycles. The fraction of sp³-hybridized carbons (Fsp3) is 0.786. The molecule has 1 unspecified atom stereocenters. The van der Waals surface area contributed by atoms with Crippen LogP contribution >= 0.6 is 0 Å². The Balaban J connectivity index is 1.69. The molecule has 2 amide bonds. The van der Waals surface area contributed by atoms with E-state index in [0.717, 1.165) is 25.2 Å². The summed E-state index contributed by atoms with van der Waals surface area (Å²) in [5, 5.41) is 7.39. The lowest BCUT2D eigenvalue weighted by Crippen LogP contribution is -2.45. The summed E-state index contributed by atoms with van der Waals surface area (Å²) in [5.74, 6) is 1.09. The molecule has 21 heavy (non-hydrogen) atoms. The van der Waals surface area contributed by atoms with Gasteiger partial charge in [0.15, 0.2) is 0 Å². The lowest BCUT2D eigenvalue weighted by atomic mass is 10.1. The Bertz CT molecular complexity index is 483. The maximum absolute atomic E-state index is 12.5. The molecule has 2 aliphatic rings. The van der Waals surface area contributed by atoms with Crippen LogP contribution in [0.1, 0.15) is 31.5 Å². The van der Waals surface area contributed by atoms with Crippen molar-refractivity contribution in [2.24, 2.45) is 5.92 Å². The fourth-order valence-electron chi connectivity index (χ4n) is 3.24. The summed E-state index contributed by atoms with van der Waals surface area (Å²) < 4.78 is 7.15. The van der Waals surface area contributed by atoms with E-state index in [-0.39, 0.29) is 11.9 Å². The van der Waals surface area contributed by atoms with Crippen molar-refractivity contribution >= 4 is 6.03 Å². The van der Waals surface area contributed by atoms with Gasteiger partial charge in [0.25, 0.3) is 0 Å². The molecule has 0 radical (unpaired) electrons. The van der Waals surface area contributed by atoms with Crippen molar-refractivity contribution in [3.05, 3.63) is 12.2 Å². The summed E-state index contributed by atoms with van der Waals surface area (Å²) in [6.07, 6.45) is 6.17. The summed E-state index contributed by atoms with van der Waals surface area (Å²) in [5.41, 5.74) is 0. The van der Waals surface area contributed by atoms with Crippen molar-refractivity contribution in [3.63, 3.8) is 0 Å². The van der Waals surface area contributed by atoms with E-state index in [1.54, 1.807) is 13.4 Å². The highest BCUT2D eigenvalue weighted by atomic mass is 16.5. The van der Waals surface area contributed by atoms with Crippen LogP contribution in [0, 0.1) is 5.92 Å². The summed E-state index contributed by atoms with van der Waals surface area (Å²) >= 11 is 0. The third-order valence-electron chi connectivity index (χ3n) is 4.31. The van der Waals surface area contributed by atoms with Gasteiger partial charge in [-0.15, -0.1) is 0 Å². The van der Waals surface area contributed by atoms with E-state index >= 15 is 0 Å². The minimum atomic E-state index is 0.0134. The van der Waals surface area contributed by atoms with E-state index in [9.17, 15) is 4.79 Å². The van der Waals surface area contributed by atoms with Gasteiger partial charge in [-0.1, -0.05) is 12.8 Å². The van der Waals surface area contributed by atoms with Crippen molar-refractivity contribution in [2.45, 2.75) is 44.8 Å². The predicted octanol–water partition coefficient (Wildman–Crippen LogP) is 1.01. The fourth-order valence-corrected chi connectivity index (χ4v) is 3.24. The van der Waals surface area contributed by atoms with Gasteiger partial charge in [-0.05, 0) is 12.8 Å². The van der Waals surface area contributed by atoms with Crippen LogP contribution in [0.25, 0.3) is 0 Å². The van der Waals surface area contributed by atoms with Crippen LogP contribution in [0.5, 0.6) is 0 Å². The zero-order valence-electron chi connectivity index (χ0n) is 12.5. The highest BCUT2D eigenvalue weighted by Crippen LogP contribution is 2.19. The van der Waals surface area contributed by atoms with E-state index < -0.39 is 0 Å². The van der Waals surface area contributed by atoms with E-state index in [2.05, 4.69) is 15.4 Å². The molecule has 7 nitrogen and oxygen atoms in total. The smallest absolute Gasteiger partial charge is 0.318 e. The molecule has 1 aliphatic heterocycles. The maximum atomic E-state index is 12.5. The molecule has 3 rings (SSSR count). The highest BCUT2D eigenvalue weighted by Gasteiger charge is 2.28. The van der Waals surface area contributed by atoms with Crippen LogP contribution in [0.4, 0.5) is 4.79 Å². The number of ether oxygens (including phenoxy) is 1. The molecule has 0 bridgehead atoms. The van der Waals surface area contributed by atoms with Crippen molar-refractivity contribution in [3.8, 4) is 0 Å². The third-order valence-corrected chi connectivity index (χ3v) is 4.31. The van der Waals surface area contributed by atoms with Crippen molar-refractivity contribution in [1.82, 2.24) is 25.0 Å². The summed E-state index contributed by atoms with van der Waals surface area (Å²) in [6, 6.07) is 0.346. The van der Waals surface area contributed by atoms with Crippen molar-refractivity contribution in [2.75, 3.05) is 20.3 Å². The zero-order valence-corrected chi connectivity index (χ0v) is 12.5. The second kappa shape index (κ2) is 6.43. The lowest BCUT2D eigenvalue weighted by molar-refractivity contribution is 0.120. The van der Waals surface area contributed by atoms with Gasteiger partial charge in [-0.2, -0.15) is 5.10 Å². The number of fused-ring (bicyclic) bond motifs is 1. The number of methoxy groups -OCH3 is 1. The number of aromatic nitrogens is 3. The topological polar surface area (TPSA) is 72.3 Å².